The highest BCUT2D eigenvalue weighted by Gasteiger charge is 2.25. The van der Waals surface area contributed by atoms with Gasteiger partial charge >= 0.3 is 0 Å². The number of likely N-dealkylation sites (tertiary alicyclic amines) is 2. The van der Waals surface area contributed by atoms with Crippen molar-refractivity contribution in [1.29, 1.82) is 0 Å². The average Bonchev–Trinajstić information content (AvgIpc) is 2.94. The molecule has 3 heterocycles. The van der Waals surface area contributed by atoms with Gasteiger partial charge in [-0.1, -0.05) is 42.5 Å². The summed E-state index contributed by atoms with van der Waals surface area (Å²) in [7, 11) is 0. The number of nitrogens with zero attached hydrogens (tertiary/aromatic N) is 3. The highest BCUT2D eigenvalue weighted by atomic mass is 16.5. The predicted octanol–water partition coefficient (Wildman–Crippen LogP) is 5.47. The van der Waals surface area contributed by atoms with Crippen LogP contribution in [0.3, 0.4) is 0 Å². The lowest BCUT2D eigenvalue weighted by Crippen LogP contribution is -2.41. The van der Waals surface area contributed by atoms with Crippen molar-refractivity contribution >= 4 is 5.91 Å². The summed E-state index contributed by atoms with van der Waals surface area (Å²) in [5, 5.41) is 0. The zero-order valence-corrected chi connectivity index (χ0v) is 21.1. The van der Waals surface area contributed by atoms with Gasteiger partial charge in [-0.3, -0.25) is 14.7 Å². The molecule has 2 fully saturated rings. The van der Waals surface area contributed by atoms with Crippen molar-refractivity contribution in [3.63, 3.8) is 0 Å². The van der Waals surface area contributed by atoms with E-state index < -0.39 is 0 Å². The standard InChI is InChI=1S/C31H37N3O2/c35-31(29-11-5-15-32-21-29)34-16-6-10-28(23-34)24-36-30-12-4-9-27(20-30)22-33-17-13-26(14-18-33)19-25-7-2-1-3-8-25/h1-5,7-9,11-12,15,20-21,26,28H,6,10,13-14,16-19,22-24H2/t28-/m1/s1. The van der Waals surface area contributed by atoms with Gasteiger partial charge in [-0.2, -0.15) is 0 Å². The third kappa shape index (κ3) is 6.73. The van der Waals surface area contributed by atoms with E-state index in [0.717, 1.165) is 57.2 Å². The molecule has 5 heteroatoms. The summed E-state index contributed by atoms with van der Waals surface area (Å²) in [6, 6.07) is 23.1. The Hall–Kier alpha value is -3.18. The van der Waals surface area contributed by atoms with Gasteiger partial charge in [0.15, 0.2) is 0 Å². The summed E-state index contributed by atoms with van der Waals surface area (Å²) < 4.78 is 6.22. The lowest BCUT2D eigenvalue weighted by atomic mass is 9.90. The zero-order chi connectivity index (χ0) is 24.6. The molecule has 3 aromatic rings. The Bertz CT molecular complexity index is 1100. The molecule has 5 rings (SSSR count). The molecular formula is C31H37N3O2. The summed E-state index contributed by atoms with van der Waals surface area (Å²) in [4.78, 5) is 21.4. The minimum Gasteiger partial charge on any atom is -0.493 e. The first-order valence-corrected chi connectivity index (χ1v) is 13.4. The first-order chi connectivity index (χ1) is 17.7. The fourth-order valence-corrected chi connectivity index (χ4v) is 5.56. The Kier molecular flexibility index (Phi) is 8.29. The zero-order valence-electron chi connectivity index (χ0n) is 21.1. The smallest absolute Gasteiger partial charge is 0.255 e. The van der Waals surface area contributed by atoms with E-state index in [0.29, 0.717) is 18.1 Å². The molecule has 0 unspecified atom stereocenters. The van der Waals surface area contributed by atoms with Gasteiger partial charge in [-0.15, -0.1) is 0 Å². The van der Waals surface area contributed by atoms with Crippen LogP contribution in [0.4, 0.5) is 0 Å². The number of rotatable bonds is 8. The number of aromatic nitrogens is 1. The molecule has 1 amide bonds. The third-order valence-corrected chi connectivity index (χ3v) is 7.58. The molecule has 2 aliphatic rings. The number of benzene rings is 2. The van der Waals surface area contributed by atoms with E-state index in [9.17, 15) is 4.79 Å². The van der Waals surface area contributed by atoms with Gasteiger partial charge in [0, 0.05) is 37.9 Å². The van der Waals surface area contributed by atoms with Crippen molar-refractivity contribution in [1.82, 2.24) is 14.8 Å². The highest BCUT2D eigenvalue weighted by molar-refractivity contribution is 5.93. The van der Waals surface area contributed by atoms with Crippen LogP contribution in [0.15, 0.2) is 79.1 Å². The number of pyridine rings is 1. The number of carbonyl (C=O) groups is 1. The monoisotopic (exact) mass is 483 g/mol. The van der Waals surface area contributed by atoms with Crippen molar-refractivity contribution in [2.45, 2.75) is 38.6 Å². The van der Waals surface area contributed by atoms with Crippen LogP contribution in [0.5, 0.6) is 5.75 Å². The molecular weight excluding hydrogens is 446 g/mol. The molecule has 0 spiro atoms. The summed E-state index contributed by atoms with van der Waals surface area (Å²) >= 11 is 0. The second-order valence-electron chi connectivity index (χ2n) is 10.4. The van der Waals surface area contributed by atoms with Crippen LogP contribution in [0.2, 0.25) is 0 Å². The third-order valence-electron chi connectivity index (χ3n) is 7.58. The van der Waals surface area contributed by atoms with Crippen molar-refractivity contribution < 1.29 is 9.53 Å². The first kappa shape index (κ1) is 24.5. The van der Waals surface area contributed by atoms with Crippen molar-refractivity contribution in [3.8, 4) is 5.75 Å². The van der Waals surface area contributed by atoms with E-state index in [2.05, 4.69) is 64.5 Å². The molecule has 2 aliphatic heterocycles. The fourth-order valence-electron chi connectivity index (χ4n) is 5.56. The maximum Gasteiger partial charge on any atom is 0.255 e. The summed E-state index contributed by atoms with van der Waals surface area (Å²) in [6.07, 6.45) is 9.19. The molecule has 2 aromatic carbocycles. The summed E-state index contributed by atoms with van der Waals surface area (Å²) in [6.45, 7) is 5.49. The molecule has 5 nitrogen and oxygen atoms in total. The SMILES string of the molecule is O=C(c1cccnc1)N1CCC[C@@H](COc2cccc(CN3CCC(Cc4ccccc4)CC3)c2)C1. The molecule has 0 N–H and O–H groups in total. The minimum absolute atomic E-state index is 0.0716. The van der Waals surface area contributed by atoms with Crippen LogP contribution in [-0.2, 0) is 13.0 Å². The van der Waals surface area contributed by atoms with Crippen LogP contribution in [0.1, 0.15) is 47.2 Å². The van der Waals surface area contributed by atoms with Crippen LogP contribution in [0.25, 0.3) is 0 Å². The van der Waals surface area contributed by atoms with Gasteiger partial charge in [0.2, 0.25) is 0 Å². The van der Waals surface area contributed by atoms with E-state index in [1.165, 1.54) is 30.4 Å². The van der Waals surface area contributed by atoms with Gasteiger partial charge in [-0.05, 0) is 86.5 Å². The Morgan fingerprint density at radius 1 is 0.889 bits per heavy atom. The molecule has 2 saturated heterocycles. The molecule has 36 heavy (non-hydrogen) atoms. The van der Waals surface area contributed by atoms with Gasteiger partial charge in [0.1, 0.15) is 5.75 Å². The highest BCUT2D eigenvalue weighted by Crippen LogP contribution is 2.25. The molecule has 0 radical (unpaired) electrons. The molecule has 0 aliphatic carbocycles. The average molecular weight is 484 g/mol. The number of hydrogen-bond acceptors (Lipinski definition) is 4. The molecule has 188 valence electrons. The number of carbonyl (C=O) groups excluding carboxylic acids is 1. The maximum absolute atomic E-state index is 12.8. The Labute approximate surface area is 215 Å². The van der Waals surface area contributed by atoms with Crippen molar-refractivity contribution in [2.24, 2.45) is 11.8 Å². The van der Waals surface area contributed by atoms with Crippen LogP contribution < -0.4 is 4.74 Å². The van der Waals surface area contributed by atoms with E-state index in [4.69, 9.17) is 4.74 Å². The predicted molar refractivity (Wildman–Crippen MR) is 143 cm³/mol. The number of piperidine rings is 2. The minimum atomic E-state index is 0.0716. The van der Waals surface area contributed by atoms with Crippen LogP contribution >= 0.6 is 0 Å². The largest absolute Gasteiger partial charge is 0.493 e. The lowest BCUT2D eigenvalue weighted by Gasteiger charge is -2.33. The summed E-state index contributed by atoms with van der Waals surface area (Å²) in [5.74, 6) is 2.15. The van der Waals surface area contributed by atoms with Crippen LogP contribution in [-0.4, -0.2) is 53.5 Å². The molecule has 1 aromatic heterocycles. The van der Waals surface area contributed by atoms with Gasteiger partial charge < -0.3 is 9.64 Å². The Balaban J connectivity index is 1.08. The van der Waals surface area contributed by atoms with Crippen molar-refractivity contribution in [3.05, 3.63) is 95.8 Å². The van der Waals surface area contributed by atoms with E-state index >= 15 is 0 Å². The van der Waals surface area contributed by atoms with E-state index in [1.807, 2.05) is 17.0 Å². The second-order valence-corrected chi connectivity index (χ2v) is 10.4. The van der Waals surface area contributed by atoms with E-state index in [1.54, 1.807) is 12.4 Å². The van der Waals surface area contributed by atoms with Gasteiger partial charge in [-0.25, -0.2) is 0 Å². The maximum atomic E-state index is 12.8. The van der Waals surface area contributed by atoms with Crippen molar-refractivity contribution in [2.75, 3.05) is 32.8 Å². The summed E-state index contributed by atoms with van der Waals surface area (Å²) in [5.41, 5.74) is 3.44. The van der Waals surface area contributed by atoms with Gasteiger partial charge in [0.25, 0.3) is 5.91 Å². The lowest BCUT2D eigenvalue weighted by molar-refractivity contribution is 0.0633. The quantitative estimate of drug-likeness (QED) is 0.426. The fraction of sp³-hybridized carbons (Fsp3) is 0.419. The number of hydrogen-bond donors (Lipinski definition) is 0. The van der Waals surface area contributed by atoms with Crippen LogP contribution in [0, 0.1) is 11.8 Å². The van der Waals surface area contributed by atoms with E-state index in [-0.39, 0.29) is 5.91 Å². The van der Waals surface area contributed by atoms with Gasteiger partial charge in [0.05, 0.1) is 12.2 Å². The number of amides is 1. The Morgan fingerprint density at radius 2 is 1.72 bits per heavy atom. The molecule has 0 bridgehead atoms. The normalized spacial score (nSPS) is 19.2. The topological polar surface area (TPSA) is 45.7 Å². The second kappa shape index (κ2) is 12.2. The first-order valence-electron chi connectivity index (χ1n) is 13.4. The Morgan fingerprint density at radius 3 is 2.53 bits per heavy atom. The molecule has 1 atom stereocenters. The molecule has 0 saturated carbocycles. The number of ether oxygens (including phenoxy) is 1.